The van der Waals surface area contributed by atoms with Crippen molar-refractivity contribution in [3.05, 3.63) is 29.8 Å². The lowest BCUT2D eigenvalue weighted by atomic mass is 10.1. The molecule has 0 amide bonds. The molecule has 0 atom stereocenters. The fourth-order valence-corrected chi connectivity index (χ4v) is 2.20. The van der Waals surface area contributed by atoms with Crippen LogP contribution in [0.4, 0.5) is 5.69 Å². The van der Waals surface area contributed by atoms with Crippen molar-refractivity contribution in [2.45, 2.75) is 32.7 Å². The number of thiocarbonyl (C=S) groups is 1. The summed E-state index contributed by atoms with van der Waals surface area (Å²) in [6.07, 6.45) is 2.65. The van der Waals surface area contributed by atoms with E-state index in [1.54, 1.807) is 0 Å². The molecule has 0 saturated heterocycles. The molecule has 1 fully saturated rings. The predicted molar refractivity (Wildman–Crippen MR) is 77.5 cm³/mol. The SMILES string of the molecule is CC(C)CN(c1ccc(C(N)=S)cc1)C1CC1. The van der Waals surface area contributed by atoms with Crippen molar-refractivity contribution in [3.63, 3.8) is 0 Å². The largest absolute Gasteiger partial charge is 0.389 e. The lowest BCUT2D eigenvalue weighted by Crippen LogP contribution is -2.29. The van der Waals surface area contributed by atoms with Gasteiger partial charge >= 0.3 is 0 Å². The van der Waals surface area contributed by atoms with E-state index in [-0.39, 0.29) is 0 Å². The van der Waals surface area contributed by atoms with Gasteiger partial charge in [-0.1, -0.05) is 26.1 Å². The van der Waals surface area contributed by atoms with Gasteiger partial charge in [-0.2, -0.15) is 0 Å². The molecule has 0 aromatic heterocycles. The first-order chi connectivity index (χ1) is 8.08. The zero-order chi connectivity index (χ0) is 12.4. The molecular formula is C14H20N2S. The van der Waals surface area contributed by atoms with Crippen LogP contribution < -0.4 is 10.6 Å². The third kappa shape index (κ3) is 3.19. The quantitative estimate of drug-likeness (QED) is 0.812. The van der Waals surface area contributed by atoms with Crippen LogP contribution in [-0.4, -0.2) is 17.6 Å². The first-order valence-corrected chi connectivity index (χ1v) is 6.65. The summed E-state index contributed by atoms with van der Waals surface area (Å²) in [5.74, 6) is 0.686. The Hall–Kier alpha value is -1.09. The van der Waals surface area contributed by atoms with Gasteiger partial charge in [0, 0.05) is 23.8 Å². The number of rotatable bonds is 5. The third-order valence-corrected chi connectivity index (χ3v) is 3.27. The van der Waals surface area contributed by atoms with E-state index in [2.05, 4.69) is 30.9 Å². The summed E-state index contributed by atoms with van der Waals surface area (Å²) in [5, 5.41) is 0. The second-order valence-corrected chi connectivity index (χ2v) is 5.63. The number of nitrogens with two attached hydrogens (primary N) is 1. The summed E-state index contributed by atoms with van der Waals surface area (Å²) in [4.78, 5) is 2.98. The van der Waals surface area contributed by atoms with Crippen molar-refractivity contribution in [3.8, 4) is 0 Å². The van der Waals surface area contributed by atoms with E-state index in [0.717, 1.165) is 18.2 Å². The van der Waals surface area contributed by atoms with Crippen LogP contribution in [0.15, 0.2) is 24.3 Å². The van der Waals surface area contributed by atoms with Crippen LogP contribution >= 0.6 is 12.2 Å². The molecule has 0 heterocycles. The Morgan fingerprint density at radius 1 is 1.35 bits per heavy atom. The van der Waals surface area contributed by atoms with Gasteiger partial charge in [0.15, 0.2) is 0 Å². The molecule has 1 saturated carbocycles. The number of anilines is 1. The van der Waals surface area contributed by atoms with Crippen LogP contribution in [0.3, 0.4) is 0 Å². The highest BCUT2D eigenvalue weighted by Crippen LogP contribution is 2.32. The fourth-order valence-electron chi connectivity index (χ4n) is 2.06. The topological polar surface area (TPSA) is 29.3 Å². The lowest BCUT2D eigenvalue weighted by molar-refractivity contribution is 0.607. The maximum Gasteiger partial charge on any atom is 0.103 e. The average Bonchev–Trinajstić information content (AvgIpc) is 3.09. The number of benzene rings is 1. The highest BCUT2D eigenvalue weighted by atomic mass is 32.1. The summed E-state index contributed by atoms with van der Waals surface area (Å²) in [7, 11) is 0. The Balaban J connectivity index is 2.15. The van der Waals surface area contributed by atoms with Gasteiger partial charge in [-0.25, -0.2) is 0 Å². The molecule has 0 unspecified atom stereocenters. The monoisotopic (exact) mass is 248 g/mol. The summed E-state index contributed by atoms with van der Waals surface area (Å²) >= 11 is 4.97. The molecule has 17 heavy (non-hydrogen) atoms. The molecule has 1 aromatic rings. The summed E-state index contributed by atoms with van der Waals surface area (Å²) in [6.45, 7) is 5.65. The van der Waals surface area contributed by atoms with Crippen LogP contribution in [-0.2, 0) is 0 Å². The molecule has 2 nitrogen and oxygen atoms in total. The second kappa shape index (κ2) is 5.05. The highest BCUT2D eigenvalue weighted by molar-refractivity contribution is 7.80. The van der Waals surface area contributed by atoms with Crippen molar-refractivity contribution >= 4 is 22.9 Å². The lowest BCUT2D eigenvalue weighted by Gasteiger charge is -2.26. The Morgan fingerprint density at radius 2 is 1.94 bits per heavy atom. The molecule has 2 rings (SSSR count). The Bertz CT molecular complexity index is 393. The van der Waals surface area contributed by atoms with E-state index in [4.69, 9.17) is 18.0 Å². The van der Waals surface area contributed by atoms with Crippen LogP contribution in [0.2, 0.25) is 0 Å². The minimum absolute atomic E-state index is 0.471. The van der Waals surface area contributed by atoms with Crippen LogP contribution in [0.25, 0.3) is 0 Å². The van der Waals surface area contributed by atoms with Gasteiger partial charge < -0.3 is 10.6 Å². The van der Waals surface area contributed by atoms with Gasteiger partial charge in [0.25, 0.3) is 0 Å². The van der Waals surface area contributed by atoms with E-state index >= 15 is 0 Å². The maximum atomic E-state index is 5.61. The van der Waals surface area contributed by atoms with Crippen molar-refractivity contribution in [1.82, 2.24) is 0 Å². The highest BCUT2D eigenvalue weighted by Gasteiger charge is 2.29. The Morgan fingerprint density at radius 3 is 2.35 bits per heavy atom. The van der Waals surface area contributed by atoms with E-state index in [1.165, 1.54) is 18.5 Å². The minimum Gasteiger partial charge on any atom is -0.389 e. The normalized spacial score (nSPS) is 15.0. The molecule has 0 radical (unpaired) electrons. The van der Waals surface area contributed by atoms with Crippen molar-refractivity contribution in [2.75, 3.05) is 11.4 Å². The van der Waals surface area contributed by atoms with Gasteiger partial charge in [-0.15, -0.1) is 0 Å². The molecule has 1 aromatic carbocycles. The van der Waals surface area contributed by atoms with Gasteiger partial charge in [0.1, 0.15) is 4.99 Å². The molecular weight excluding hydrogens is 228 g/mol. The Labute approximate surface area is 109 Å². The first-order valence-electron chi connectivity index (χ1n) is 6.24. The molecule has 1 aliphatic carbocycles. The molecule has 3 heteroatoms. The van der Waals surface area contributed by atoms with Gasteiger partial charge in [-0.05, 0) is 43.0 Å². The second-order valence-electron chi connectivity index (χ2n) is 5.19. The number of hydrogen-bond acceptors (Lipinski definition) is 2. The summed E-state index contributed by atoms with van der Waals surface area (Å²) in [6, 6.07) is 9.05. The zero-order valence-corrected chi connectivity index (χ0v) is 11.3. The van der Waals surface area contributed by atoms with Gasteiger partial charge in [-0.3, -0.25) is 0 Å². The van der Waals surface area contributed by atoms with Gasteiger partial charge in [0.05, 0.1) is 0 Å². The van der Waals surface area contributed by atoms with Crippen LogP contribution in [0, 0.1) is 5.92 Å². The first kappa shape index (κ1) is 12.4. The molecule has 0 aliphatic heterocycles. The molecule has 1 aliphatic rings. The van der Waals surface area contributed by atoms with E-state index in [0.29, 0.717) is 10.9 Å². The van der Waals surface area contributed by atoms with Crippen molar-refractivity contribution in [2.24, 2.45) is 11.7 Å². The molecule has 0 bridgehead atoms. The smallest absolute Gasteiger partial charge is 0.103 e. The zero-order valence-electron chi connectivity index (χ0n) is 10.5. The fraction of sp³-hybridized carbons (Fsp3) is 0.500. The molecule has 2 N–H and O–H groups in total. The van der Waals surface area contributed by atoms with Crippen molar-refractivity contribution in [1.29, 1.82) is 0 Å². The predicted octanol–water partition coefficient (Wildman–Crippen LogP) is 2.95. The van der Waals surface area contributed by atoms with Crippen LogP contribution in [0.1, 0.15) is 32.3 Å². The number of nitrogens with zero attached hydrogens (tertiary/aromatic N) is 1. The minimum atomic E-state index is 0.471. The van der Waals surface area contributed by atoms with E-state index in [9.17, 15) is 0 Å². The maximum absolute atomic E-state index is 5.61. The Kier molecular flexibility index (Phi) is 3.67. The average molecular weight is 248 g/mol. The number of hydrogen-bond donors (Lipinski definition) is 1. The van der Waals surface area contributed by atoms with Crippen LogP contribution in [0.5, 0.6) is 0 Å². The summed E-state index contributed by atoms with van der Waals surface area (Å²) < 4.78 is 0. The summed E-state index contributed by atoms with van der Waals surface area (Å²) in [5.41, 5.74) is 7.85. The third-order valence-electron chi connectivity index (χ3n) is 3.03. The van der Waals surface area contributed by atoms with Gasteiger partial charge in [0.2, 0.25) is 0 Å². The van der Waals surface area contributed by atoms with Crippen molar-refractivity contribution < 1.29 is 0 Å². The molecule has 92 valence electrons. The molecule has 0 spiro atoms. The van der Waals surface area contributed by atoms with E-state index < -0.39 is 0 Å². The van der Waals surface area contributed by atoms with E-state index in [1.807, 2.05) is 12.1 Å². The standard InChI is InChI=1S/C14H20N2S/c1-10(2)9-16(13-7-8-13)12-5-3-11(4-6-12)14(15)17/h3-6,10,13H,7-9H2,1-2H3,(H2,15,17).